The van der Waals surface area contributed by atoms with Crippen LogP contribution in [0.2, 0.25) is 5.28 Å². The van der Waals surface area contributed by atoms with Gasteiger partial charge in [-0.25, -0.2) is 14.4 Å². The normalized spacial score (nSPS) is 17.7. The van der Waals surface area contributed by atoms with Crippen molar-refractivity contribution in [3.63, 3.8) is 0 Å². The fourth-order valence-electron chi connectivity index (χ4n) is 1.84. The molecule has 5 heteroatoms. The smallest absolute Gasteiger partial charge is 0.223 e. The first-order valence-electron chi connectivity index (χ1n) is 5.01. The fourth-order valence-corrected chi connectivity index (χ4v) is 2.01. The van der Waals surface area contributed by atoms with Crippen molar-refractivity contribution in [2.24, 2.45) is 5.73 Å². The van der Waals surface area contributed by atoms with Gasteiger partial charge in [0, 0.05) is 5.39 Å². The largest absolute Gasteiger partial charge is 0.320 e. The number of fused-ring (bicyclic) bond motifs is 1. The van der Waals surface area contributed by atoms with Gasteiger partial charge in [0.2, 0.25) is 5.28 Å². The third-order valence-electron chi connectivity index (χ3n) is 2.91. The number of para-hydroxylation sites is 1. The van der Waals surface area contributed by atoms with Gasteiger partial charge >= 0.3 is 0 Å². The lowest BCUT2D eigenvalue weighted by molar-refractivity contribution is 0.635. The third-order valence-corrected chi connectivity index (χ3v) is 3.08. The number of benzene rings is 1. The Morgan fingerprint density at radius 3 is 2.75 bits per heavy atom. The van der Waals surface area contributed by atoms with Crippen molar-refractivity contribution in [3.8, 4) is 0 Å². The Kier molecular flexibility index (Phi) is 1.94. The van der Waals surface area contributed by atoms with Gasteiger partial charge < -0.3 is 5.73 Å². The lowest BCUT2D eigenvalue weighted by atomic mass is 10.1. The maximum Gasteiger partial charge on any atom is 0.223 e. The molecule has 0 unspecified atom stereocenters. The molecule has 1 saturated carbocycles. The van der Waals surface area contributed by atoms with Gasteiger partial charge in [-0.1, -0.05) is 12.1 Å². The highest BCUT2D eigenvalue weighted by Crippen LogP contribution is 2.44. The van der Waals surface area contributed by atoms with Crippen molar-refractivity contribution >= 4 is 22.5 Å². The Balaban J connectivity index is 2.39. The lowest BCUT2D eigenvalue weighted by Gasteiger charge is -2.11. The monoisotopic (exact) mass is 237 g/mol. The van der Waals surface area contributed by atoms with Crippen molar-refractivity contribution in [1.82, 2.24) is 9.97 Å². The minimum atomic E-state index is -0.446. The molecule has 1 aliphatic rings. The Morgan fingerprint density at radius 1 is 1.31 bits per heavy atom. The van der Waals surface area contributed by atoms with E-state index in [-0.39, 0.29) is 10.8 Å². The van der Waals surface area contributed by atoms with Crippen LogP contribution in [0.25, 0.3) is 10.9 Å². The number of halogens is 2. The van der Waals surface area contributed by atoms with Crippen LogP contribution in [-0.2, 0) is 5.54 Å². The molecule has 0 bridgehead atoms. The molecule has 1 aromatic heterocycles. The highest BCUT2D eigenvalue weighted by molar-refractivity contribution is 6.28. The molecular formula is C11H9ClFN3. The second-order valence-electron chi connectivity index (χ2n) is 4.13. The zero-order valence-electron chi connectivity index (χ0n) is 8.37. The molecular weight excluding hydrogens is 229 g/mol. The molecule has 82 valence electrons. The summed E-state index contributed by atoms with van der Waals surface area (Å²) >= 11 is 5.79. The van der Waals surface area contributed by atoms with E-state index in [9.17, 15) is 4.39 Å². The van der Waals surface area contributed by atoms with E-state index in [1.54, 1.807) is 12.1 Å². The third kappa shape index (κ3) is 1.37. The summed E-state index contributed by atoms with van der Waals surface area (Å²) in [7, 11) is 0. The van der Waals surface area contributed by atoms with Crippen LogP contribution in [0.4, 0.5) is 4.39 Å². The van der Waals surface area contributed by atoms with Crippen molar-refractivity contribution in [1.29, 1.82) is 0 Å². The first-order valence-corrected chi connectivity index (χ1v) is 5.39. The Morgan fingerprint density at radius 2 is 2.06 bits per heavy atom. The summed E-state index contributed by atoms with van der Waals surface area (Å²) in [5.74, 6) is -0.396. The van der Waals surface area contributed by atoms with Gasteiger partial charge in [-0.05, 0) is 30.5 Å². The van der Waals surface area contributed by atoms with Crippen LogP contribution >= 0.6 is 11.6 Å². The minimum absolute atomic E-state index is 0.0457. The summed E-state index contributed by atoms with van der Waals surface area (Å²) in [6, 6.07) is 4.76. The molecule has 2 N–H and O–H groups in total. The van der Waals surface area contributed by atoms with E-state index in [0.717, 1.165) is 12.8 Å². The predicted octanol–water partition coefficient (Wildman–Crippen LogP) is 2.37. The van der Waals surface area contributed by atoms with E-state index >= 15 is 0 Å². The predicted molar refractivity (Wildman–Crippen MR) is 59.6 cm³/mol. The van der Waals surface area contributed by atoms with E-state index in [2.05, 4.69) is 9.97 Å². The average molecular weight is 238 g/mol. The van der Waals surface area contributed by atoms with Crippen molar-refractivity contribution < 1.29 is 4.39 Å². The molecule has 1 heterocycles. The summed E-state index contributed by atoms with van der Waals surface area (Å²) in [5.41, 5.74) is 6.54. The van der Waals surface area contributed by atoms with Gasteiger partial charge in [-0.3, -0.25) is 0 Å². The number of hydrogen-bond donors (Lipinski definition) is 1. The maximum atomic E-state index is 13.6. The molecule has 0 atom stereocenters. The highest BCUT2D eigenvalue weighted by Gasteiger charge is 2.43. The van der Waals surface area contributed by atoms with Crippen LogP contribution in [0, 0.1) is 5.82 Å². The number of nitrogens with zero attached hydrogens (tertiary/aromatic N) is 2. The molecule has 0 aliphatic heterocycles. The molecule has 1 fully saturated rings. The molecule has 1 aromatic carbocycles. The first-order chi connectivity index (χ1) is 7.60. The molecule has 16 heavy (non-hydrogen) atoms. The zero-order chi connectivity index (χ0) is 11.3. The van der Waals surface area contributed by atoms with Crippen LogP contribution in [0.5, 0.6) is 0 Å². The summed E-state index contributed by atoms with van der Waals surface area (Å²) in [6.45, 7) is 0. The van der Waals surface area contributed by atoms with E-state index in [1.807, 2.05) is 0 Å². The number of hydrogen-bond acceptors (Lipinski definition) is 3. The van der Waals surface area contributed by atoms with Gasteiger partial charge in [0.1, 0.15) is 11.3 Å². The van der Waals surface area contributed by atoms with Gasteiger partial charge in [-0.15, -0.1) is 0 Å². The number of nitrogens with two attached hydrogens (primary N) is 1. The summed E-state index contributed by atoms with van der Waals surface area (Å²) in [6.07, 6.45) is 1.71. The topological polar surface area (TPSA) is 51.8 Å². The standard InChI is InChI=1S/C11H9ClFN3/c12-10-15-8-6(2-1-3-7(8)13)9(16-10)11(14)4-5-11/h1-3H,4-5,14H2. The van der Waals surface area contributed by atoms with E-state index in [1.165, 1.54) is 6.07 Å². The van der Waals surface area contributed by atoms with Crippen molar-refractivity contribution in [2.75, 3.05) is 0 Å². The second kappa shape index (κ2) is 3.12. The van der Waals surface area contributed by atoms with Gasteiger partial charge in [0.25, 0.3) is 0 Å². The van der Waals surface area contributed by atoms with Crippen molar-refractivity contribution in [3.05, 3.63) is 35.0 Å². The van der Waals surface area contributed by atoms with E-state index in [0.29, 0.717) is 11.1 Å². The molecule has 3 rings (SSSR count). The minimum Gasteiger partial charge on any atom is -0.320 e. The summed E-state index contributed by atoms with van der Waals surface area (Å²) < 4.78 is 13.6. The lowest BCUT2D eigenvalue weighted by Crippen LogP contribution is -2.21. The van der Waals surface area contributed by atoms with Crippen molar-refractivity contribution in [2.45, 2.75) is 18.4 Å². The first kappa shape index (κ1) is 9.93. The second-order valence-corrected chi connectivity index (χ2v) is 4.47. The fraction of sp³-hybridized carbons (Fsp3) is 0.273. The maximum absolute atomic E-state index is 13.6. The summed E-state index contributed by atoms with van der Waals surface area (Å²) in [5, 5.41) is 0.703. The van der Waals surface area contributed by atoms with Crippen LogP contribution in [0.15, 0.2) is 18.2 Å². The van der Waals surface area contributed by atoms with Gasteiger partial charge in [0.15, 0.2) is 0 Å². The number of rotatable bonds is 1. The van der Waals surface area contributed by atoms with Crippen LogP contribution in [0.3, 0.4) is 0 Å². The molecule has 0 saturated heterocycles. The Labute approximate surface area is 96.5 Å². The Hall–Kier alpha value is -1.26. The molecule has 2 aromatic rings. The number of aromatic nitrogens is 2. The molecule has 3 nitrogen and oxygen atoms in total. The van der Waals surface area contributed by atoms with Gasteiger partial charge in [-0.2, -0.15) is 0 Å². The zero-order valence-corrected chi connectivity index (χ0v) is 9.13. The van der Waals surface area contributed by atoms with Crippen LogP contribution in [-0.4, -0.2) is 9.97 Å². The molecule has 0 spiro atoms. The average Bonchev–Trinajstić information content (AvgIpc) is 2.98. The molecule has 1 aliphatic carbocycles. The van der Waals surface area contributed by atoms with Crippen LogP contribution < -0.4 is 5.73 Å². The molecule has 0 radical (unpaired) electrons. The van der Waals surface area contributed by atoms with E-state index in [4.69, 9.17) is 17.3 Å². The SMILES string of the molecule is NC1(c2nc(Cl)nc3c(F)cccc23)CC1. The summed E-state index contributed by atoms with van der Waals surface area (Å²) in [4.78, 5) is 8.04. The quantitative estimate of drug-likeness (QED) is 0.775. The molecule has 0 amide bonds. The Bertz CT molecular complexity index is 581. The highest BCUT2D eigenvalue weighted by atomic mass is 35.5. The van der Waals surface area contributed by atoms with Gasteiger partial charge in [0.05, 0.1) is 11.2 Å². The van der Waals surface area contributed by atoms with E-state index < -0.39 is 11.4 Å². The van der Waals surface area contributed by atoms with Crippen LogP contribution in [0.1, 0.15) is 18.5 Å².